The molecule has 10 heavy (non-hydrogen) atoms. The van der Waals surface area contributed by atoms with E-state index in [0.29, 0.717) is 0 Å². The Morgan fingerprint density at radius 1 is 0.900 bits per heavy atom. The SMILES string of the molecule is Cl.NC1(N)CCCCC1.[Pt]. The Kier molecular flexibility index (Phi) is 7.47. The van der Waals surface area contributed by atoms with Crippen LogP contribution >= 0.6 is 12.4 Å². The van der Waals surface area contributed by atoms with Crippen LogP contribution in [-0.2, 0) is 21.1 Å². The molecule has 0 aliphatic heterocycles. The molecule has 4 heteroatoms. The van der Waals surface area contributed by atoms with E-state index < -0.39 is 0 Å². The summed E-state index contributed by atoms with van der Waals surface area (Å²) in [6.07, 6.45) is 5.76. The predicted octanol–water partition coefficient (Wildman–Crippen LogP) is 0.983. The van der Waals surface area contributed by atoms with E-state index in [1.165, 1.54) is 19.3 Å². The van der Waals surface area contributed by atoms with Crippen LogP contribution in [0.1, 0.15) is 32.1 Å². The van der Waals surface area contributed by atoms with Crippen LogP contribution in [-0.4, -0.2) is 5.66 Å². The second-order valence-electron chi connectivity index (χ2n) is 2.79. The Morgan fingerprint density at radius 3 is 1.50 bits per heavy atom. The van der Waals surface area contributed by atoms with Crippen LogP contribution in [0.5, 0.6) is 0 Å². The van der Waals surface area contributed by atoms with Crippen LogP contribution in [0.25, 0.3) is 0 Å². The summed E-state index contributed by atoms with van der Waals surface area (Å²) >= 11 is 0. The van der Waals surface area contributed by atoms with Gasteiger partial charge >= 0.3 is 0 Å². The van der Waals surface area contributed by atoms with Gasteiger partial charge in [-0.05, 0) is 12.8 Å². The summed E-state index contributed by atoms with van der Waals surface area (Å²) < 4.78 is 0. The Balaban J connectivity index is 0. The minimum atomic E-state index is -0.321. The zero-order valence-electron chi connectivity index (χ0n) is 5.91. The van der Waals surface area contributed by atoms with Crippen LogP contribution in [0, 0.1) is 0 Å². The molecule has 4 N–H and O–H groups in total. The minimum absolute atomic E-state index is 0. The fourth-order valence-electron chi connectivity index (χ4n) is 1.21. The van der Waals surface area contributed by atoms with E-state index in [1.807, 2.05) is 0 Å². The maximum absolute atomic E-state index is 5.66. The van der Waals surface area contributed by atoms with Gasteiger partial charge in [-0.3, -0.25) is 0 Å². The molecular weight excluding hydrogens is 331 g/mol. The van der Waals surface area contributed by atoms with E-state index in [1.54, 1.807) is 0 Å². The number of nitrogens with two attached hydrogens (primary N) is 2. The number of hydrogen-bond acceptors (Lipinski definition) is 2. The summed E-state index contributed by atoms with van der Waals surface area (Å²) in [5.74, 6) is 0. The first kappa shape index (κ1) is 13.5. The number of halogens is 1. The van der Waals surface area contributed by atoms with Crippen molar-refractivity contribution in [2.45, 2.75) is 37.8 Å². The smallest absolute Gasteiger partial charge is 0.0636 e. The van der Waals surface area contributed by atoms with Gasteiger partial charge in [-0.2, -0.15) is 0 Å². The van der Waals surface area contributed by atoms with E-state index in [4.69, 9.17) is 11.5 Å². The van der Waals surface area contributed by atoms with Crippen molar-refractivity contribution in [3.63, 3.8) is 0 Å². The minimum Gasteiger partial charge on any atom is -0.313 e. The van der Waals surface area contributed by atoms with Gasteiger partial charge in [-0.1, -0.05) is 19.3 Å². The third-order valence-electron chi connectivity index (χ3n) is 1.78. The average molecular weight is 346 g/mol. The van der Waals surface area contributed by atoms with Crippen molar-refractivity contribution in [3.05, 3.63) is 0 Å². The molecule has 66 valence electrons. The van der Waals surface area contributed by atoms with Crippen molar-refractivity contribution in [3.8, 4) is 0 Å². The van der Waals surface area contributed by atoms with Crippen LogP contribution in [0.3, 0.4) is 0 Å². The monoisotopic (exact) mass is 345 g/mol. The number of rotatable bonds is 0. The molecule has 0 heterocycles. The van der Waals surface area contributed by atoms with E-state index in [2.05, 4.69) is 0 Å². The van der Waals surface area contributed by atoms with E-state index >= 15 is 0 Å². The quantitative estimate of drug-likeness (QED) is 0.643. The standard InChI is InChI=1S/C6H14N2.ClH.Pt/c7-6(8)4-2-1-3-5-6;;/h1-5,7-8H2;1H;. The van der Waals surface area contributed by atoms with E-state index in [-0.39, 0.29) is 39.1 Å². The molecule has 0 aromatic carbocycles. The van der Waals surface area contributed by atoms with Gasteiger partial charge in [0.25, 0.3) is 0 Å². The molecule has 0 saturated heterocycles. The van der Waals surface area contributed by atoms with Crippen molar-refractivity contribution >= 4 is 12.4 Å². The second kappa shape index (κ2) is 5.54. The van der Waals surface area contributed by atoms with Crippen molar-refractivity contribution < 1.29 is 21.1 Å². The van der Waals surface area contributed by atoms with Crippen molar-refractivity contribution in [2.75, 3.05) is 0 Å². The largest absolute Gasteiger partial charge is 0.313 e. The average Bonchev–Trinajstić information content (AvgIpc) is 1.65. The summed E-state index contributed by atoms with van der Waals surface area (Å²) in [5, 5.41) is 0. The maximum Gasteiger partial charge on any atom is 0.0636 e. The van der Waals surface area contributed by atoms with Gasteiger partial charge in [-0.15, -0.1) is 12.4 Å². The zero-order chi connectivity index (χ0) is 6.04. The van der Waals surface area contributed by atoms with Crippen LogP contribution in [0.15, 0.2) is 0 Å². The van der Waals surface area contributed by atoms with Gasteiger partial charge in [0, 0.05) is 21.1 Å². The third kappa shape index (κ3) is 4.67. The molecular formula is C6H15ClN2Pt. The normalized spacial score (nSPS) is 22.2. The molecule has 0 radical (unpaired) electrons. The van der Waals surface area contributed by atoms with Crippen LogP contribution in [0.2, 0.25) is 0 Å². The molecule has 0 aromatic rings. The Hall–Kier alpha value is 0.898. The van der Waals surface area contributed by atoms with Crippen molar-refractivity contribution in [2.24, 2.45) is 11.5 Å². The fourth-order valence-corrected chi connectivity index (χ4v) is 1.21. The summed E-state index contributed by atoms with van der Waals surface area (Å²) in [7, 11) is 0. The van der Waals surface area contributed by atoms with E-state index in [0.717, 1.165) is 12.8 Å². The zero-order valence-corrected chi connectivity index (χ0v) is 9.00. The molecule has 0 unspecified atom stereocenters. The summed E-state index contributed by atoms with van der Waals surface area (Å²) in [6, 6.07) is 0. The van der Waals surface area contributed by atoms with Crippen LogP contribution < -0.4 is 11.5 Å². The van der Waals surface area contributed by atoms with Gasteiger partial charge in [0.05, 0.1) is 5.66 Å². The van der Waals surface area contributed by atoms with Gasteiger partial charge in [-0.25, -0.2) is 0 Å². The first-order valence-corrected chi connectivity index (χ1v) is 3.28. The second-order valence-corrected chi connectivity index (χ2v) is 2.79. The summed E-state index contributed by atoms with van der Waals surface area (Å²) in [4.78, 5) is 0. The van der Waals surface area contributed by atoms with Gasteiger partial charge in [0.2, 0.25) is 0 Å². The molecule has 1 fully saturated rings. The van der Waals surface area contributed by atoms with Gasteiger partial charge in [0.15, 0.2) is 0 Å². The Morgan fingerprint density at radius 2 is 1.30 bits per heavy atom. The third-order valence-corrected chi connectivity index (χ3v) is 1.78. The molecule has 0 spiro atoms. The molecule has 1 rings (SSSR count). The summed E-state index contributed by atoms with van der Waals surface area (Å²) in [6.45, 7) is 0. The molecule has 0 amide bonds. The van der Waals surface area contributed by atoms with Crippen molar-refractivity contribution in [1.82, 2.24) is 0 Å². The molecule has 0 bridgehead atoms. The Labute approximate surface area is 82.8 Å². The van der Waals surface area contributed by atoms with E-state index in [9.17, 15) is 0 Å². The molecule has 1 aliphatic carbocycles. The molecule has 1 aliphatic rings. The van der Waals surface area contributed by atoms with Gasteiger partial charge in [0.1, 0.15) is 0 Å². The molecule has 1 saturated carbocycles. The number of hydrogen-bond donors (Lipinski definition) is 2. The van der Waals surface area contributed by atoms with Crippen LogP contribution in [0.4, 0.5) is 0 Å². The Bertz CT molecular complexity index is 79.8. The first-order chi connectivity index (χ1) is 3.71. The molecule has 0 atom stereocenters. The molecule has 0 aromatic heterocycles. The summed E-state index contributed by atoms with van der Waals surface area (Å²) in [5.41, 5.74) is 11.0. The molecule has 2 nitrogen and oxygen atoms in total. The maximum atomic E-state index is 5.66. The van der Waals surface area contributed by atoms with Gasteiger partial charge < -0.3 is 11.5 Å². The first-order valence-electron chi connectivity index (χ1n) is 3.28. The van der Waals surface area contributed by atoms with Crippen molar-refractivity contribution in [1.29, 1.82) is 0 Å². The topological polar surface area (TPSA) is 52.0 Å². The predicted molar refractivity (Wildman–Crippen MR) is 41.4 cm³/mol. The fraction of sp³-hybridized carbons (Fsp3) is 1.00.